The first-order chi connectivity index (χ1) is 9.32. The molecular weight excluding hydrogens is 349 g/mol. The molecule has 0 aliphatic heterocycles. The van der Waals surface area contributed by atoms with Gasteiger partial charge in [0, 0.05) is 0 Å². The molecule has 2 nitrogen and oxygen atoms in total. The van der Waals surface area contributed by atoms with Gasteiger partial charge in [-0.25, -0.2) is 18.2 Å². The number of alkyl halides is 2. The molecule has 0 saturated carbocycles. The van der Waals surface area contributed by atoms with Gasteiger partial charge in [0.25, 0.3) is 0 Å². The molecule has 1 aromatic heterocycles. The molecule has 0 bridgehead atoms. The lowest BCUT2D eigenvalue weighted by Crippen LogP contribution is -2.48. The van der Waals surface area contributed by atoms with Gasteiger partial charge in [0.05, 0.1) is 13.8 Å². The van der Waals surface area contributed by atoms with Crippen molar-refractivity contribution in [2.45, 2.75) is 45.3 Å². The second kappa shape index (κ2) is 6.84. The van der Waals surface area contributed by atoms with Crippen LogP contribution in [0.15, 0.2) is 10.7 Å². The molecule has 1 rings (SSSR count). The Labute approximate surface area is 126 Å². The Morgan fingerprint density at radius 2 is 1.80 bits per heavy atom. The summed E-state index contributed by atoms with van der Waals surface area (Å²) in [5, 5.41) is 9.82. The van der Waals surface area contributed by atoms with Crippen LogP contribution in [0.5, 0.6) is 0 Å². The molecule has 7 heteroatoms. The molecule has 0 aliphatic rings. The third-order valence-corrected chi connectivity index (χ3v) is 9.95. The molecule has 0 aliphatic carbocycles. The van der Waals surface area contributed by atoms with Crippen molar-refractivity contribution < 1.29 is 13.2 Å². The maximum atomic E-state index is 14.6. The highest BCUT2D eigenvalue weighted by molar-refractivity contribution is 9.10. The summed E-state index contributed by atoms with van der Waals surface area (Å²) in [6.45, 7) is 5.97. The molecular formula is C13H17BrF3N2Si-. The largest absolute Gasteiger partial charge is 0.801 e. The molecule has 0 amide bonds. The number of hydrogen-bond acceptors (Lipinski definition) is 1. The average Bonchev–Trinajstić information content (AvgIpc) is 2.43. The van der Waals surface area contributed by atoms with Gasteiger partial charge in [-0.15, -0.1) is 0 Å². The molecule has 0 unspecified atom stereocenters. The Morgan fingerprint density at radius 3 is 2.20 bits per heavy atom. The minimum Gasteiger partial charge on any atom is -0.801 e. The van der Waals surface area contributed by atoms with Crippen LogP contribution in [0.25, 0.3) is 5.41 Å². The average molecular weight is 366 g/mol. The van der Waals surface area contributed by atoms with Gasteiger partial charge in [-0.05, 0) is 27.2 Å². The van der Waals surface area contributed by atoms with Gasteiger partial charge in [-0.3, -0.25) is 0 Å². The maximum Gasteiger partial charge on any atom is 0.244 e. The third kappa shape index (κ3) is 3.14. The van der Waals surface area contributed by atoms with E-state index in [2.05, 4.69) is 20.9 Å². The lowest BCUT2D eigenvalue weighted by Gasteiger charge is -2.30. The summed E-state index contributed by atoms with van der Waals surface area (Å²) in [7, 11) is -2.10. The lowest BCUT2D eigenvalue weighted by atomic mass is 10.2. The number of pyridine rings is 1. The molecule has 0 atom stereocenters. The van der Waals surface area contributed by atoms with Crippen LogP contribution in [0.2, 0.25) is 18.1 Å². The van der Waals surface area contributed by atoms with Crippen LogP contribution in [-0.2, 0) is 0 Å². The topological polar surface area (TPSA) is 35.2 Å². The van der Waals surface area contributed by atoms with E-state index in [1.165, 1.54) is 0 Å². The Bertz CT molecular complexity index is 496. The highest BCUT2D eigenvalue weighted by Gasteiger charge is 2.34. The number of halogens is 4. The fraction of sp³-hybridized carbons (Fsp3) is 0.538. The van der Waals surface area contributed by atoms with E-state index in [1.807, 2.05) is 20.8 Å². The Kier molecular flexibility index (Phi) is 5.94. The minimum absolute atomic E-state index is 0.267. The van der Waals surface area contributed by atoms with E-state index in [-0.39, 0.29) is 4.60 Å². The standard InChI is InChI=1S/C13H17BrF3N2Si/c1-4-20(5-2,6-3)8-7-9(14)19-12(10(8)15)11(18)13(16)17/h7,13H,4-6H2,1-3H3/q-1. The monoisotopic (exact) mass is 365 g/mol. The predicted octanol–water partition coefficient (Wildman–Crippen LogP) is 4.32. The van der Waals surface area contributed by atoms with Gasteiger partial charge >= 0.3 is 0 Å². The zero-order chi connectivity index (χ0) is 15.5. The van der Waals surface area contributed by atoms with Gasteiger partial charge in [0.1, 0.15) is 10.4 Å². The number of rotatable bonds is 6. The van der Waals surface area contributed by atoms with Crippen molar-refractivity contribution in [2.75, 3.05) is 0 Å². The van der Waals surface area contributed by atoms with Gasteiger partial charge in [0.2, 0.25) is 6.43 Å². The Morgan fingerprint density at radius 1 is 1.30 bits per heavy atom. The Hall–Kier alpha value is -0.693. The summed E-state index contributed by atoms with van der Waals surface area (Å²) >= 11 is 3.12. The van der Waals surface area contributed by atoms with Crippen LogP contribution in [-0.4, -0.2) is 25.2 Å². The normalized spacial score (nSPS) is 12.0. The van der Waals surface area contributed by atoms with E-state index < -0.39 is 31.7 Å². The first-order valence-corrected chi connectivity index (χ1v) is 9.95. The summed E-state index contributed by atoms with van der Waals surface area (Å²) in [6.07, 6.45) is -3.14. The zero-order valence-corrected chi connectivity index (χ0v) is 14.3. The van der Waals surface area contributed by atoms with E-state index in [4.69, 9.17) is 0 Å². The van der Waals surface area contributed by atoms with Gasteiger partial charge in [-0.1, -0.05) is 44.6 Å². The molecule has 1 heterocycles. The van der Waals surface area contributed by atoms with Crippen LogP contribution < -0.4 is 5.19 Å². The SMILES string of the molecule is CC[Si](CC)(CC)c1cc(Br)nc(C(=[N-])C(F)F)c1F. The van der Waals surface area contributed by atoms with Crippen LogP contribution >= 0.6 is 15.9 Å². The van der Waals surface area contributed by atoms with Crippen molar-refractivity contribution in [3.63, 3.8) is 0 Å². The Balaban J connectivity index is 3.53. The first kappa shape index (κ1) is 17.4. The van der Waals surface area contributed by atoms with Crippen LogP contribution in [0.3, 0.4) is 0 Å². The van der Waals surface area contributed by atoms with Crippen molar-refractivity contribution in [3.05, 3.63) is 27.6 Å². The van der Waals surface area contributed by atoms with E-state index in [9.17, 15) is 18.6 Å². The van der Waals surface area contributed by atoms with E-state index >= 15 is 0 Å². The van der Waals surface area contributed by atoms with Gasteiger partial charge in [-0.2, -0.15) is 0 Å². The summed E-state index contributed by atoms with van der Waals surface area (Å²) in [4.78, 5) is 3.67. The number of nitrogens with zero attached hydrogens (tertiary/aromatic N) is 2. The first-order valence-electron chi connectivity index (χ1n) is 6.53. The fourth-order valence-electron chi connectivity index (χ4n) is 2.48. The highest BCUT2D eigenvalue weighted by Crippen LogP contribution is 2.24. The summed E-state index contributed by atoms with van der Waals surface area (Å²) in [5.74, 6) is -0.803. The van der Waals surface area contributed by atoms with E-state index in [0.717, 1.165) is 18.1 Å². The predicted molar refractivity (Wildman–Crippen MR) is 82.2 cm³/mol. The lowest BCUT2D eigenvalue weighted by molar-refractivity contribution is 0.227. The van der Waals surface area contributed by atoms with Gasteiger partial charge < -0.3 is 5.41 Å². The van der Waals surface area contributed by atoms with E-state index in [0.29, 0.717) is 5.19 Å². The molecule has 0 radical (unpaired) electrons. The van der Waals surface area contributed by atoms with E-state index in [1.54, 1.807) is 6.07 Å². The van der Waals surface area contributed by atoms with Crippen LogP contribution in [0, 0.1) is 5.82 Å². The fourth-order valence-corrected chi connectivity index (χ4v) is 6.77. The van der Waals surface area contributed by atoms with Crippen molar-refractivity contribution in [1.82, 2.24) is 4.98 Å². The smallest absolute Gasteiger partial charge is 0.244 e. The molecule has 0 aromatic carbocycles. The third-order valence-electron chi connectivity index (χ3n) is 3.98. The zero-order valence-electron chi connectivity index (χ0n) is 11.7. The molecule has 0 saturated heterocycles. The maximum absolute atomic E-state index is 14.6. The molecule has 1 aromatic rings. The number of aromatic nitrogens is 1. The van der Waals surface area contributed by atoms with Crippen LogP contribution in [0.4, 0.5) is 13.2 Å². The molecule has 20 heavy (non-hydrogen) atoms. The summed E-state index contributed by atoms with van der Waals surface area (Å²) in [6, 6.07) is 3.99. The highest BCUT2D eigenvalue weighted by atomic mass is 79.9. The number of hydrogen-bond donors (Lipinski definition) is 0. The summed E-state index contributed by atoms with van der Waals surface area (Å²) in [5.41, 5.74) is -1.95. The van der Waals surface area contributed by atoms with Crippen molar-refractivity contribution in [2.24, 2.45) is 0 Å². The molecule has 112 valence electrons. The van der Waals surface area contributed by atoms with Gasteiger partial charge in [0.15, 0.2) is 0 Å². The molecule has 0 spiro atoms. The molecule has 0 fully saturated rings. The van der Waals surface area contributed by atoms with Crippen molar-refractivity contribution in [3.8, 4) is 0 Å². The second-order valence-corrected chi connectivity index (χ2v) is 10.7. The molecule has 0 N–H and O–H groups in total. The minimum atomic E-state index is -3.14. The quantitative estimate of drug-likeness (QED) is 0.420. The van der Waals surface area contributed by atoms with Crippen LogP contribution in [0.1, 0.15) is 26.5 Å². The summed E-state index contributed by atoms with van der Waals surface area (Å²) < 4.78 is 40.0. The van der Waals surface area contributed by atoms with Crippen molar-refractivity contribution in [1.29, 1.82) is 0 Å². The van der Waals surface area contributed by atoms with Crippen molar-refractivity contribution >= 4 is 34.9 Å². The second-order valence-electron chi connectivity index (χ2n) is 4.68.